The zero-order valence-electron chi connectivity index (χ0n) is 11.6. The van der Waals surface area contributed by atoms with Gasteiger partial charge < -0.3 is 10.1 Å². The summed E-state index contributed by atoms with van der Waals surface area (Å²) in [6.45, 7) is 1.66. The van der Waals surface area contributed by atoms with Gasteiger partial charge in [-0.25, -0.2) is 5.84 Å². The van der Waals surface area contributed by atoms with Crippen molar-refractivity contribution in [2.75, 3.05) is 20.3 Å². The van der Waals surface area contributed by atoms with Crippen LogP contribution in [0.3, 0.4) is 0 Å². The van der Waals surface area contributed by atoms with Gasteiger partial charge in [0.25, 0.3) is 0 Å². The minimum absolute atomic E-state index is 0.544. The molecular formula is C13H28N4O. The fourth-order valence-corrected chi connectivity index (χ4v) is 2.30. The number of aliphatic imine (C=N–C) groups is 1. The van der Waals surface area contributed by atoms with Crippen LogP contribution in [0.25, 0.3) is 0 Å². The van der Waals surface area contributed by atoms with Gasteiger partial charge in [0, 0.05) is 26.3 Å². The summed E-state index contributed by atoms with van der Waals surface area (Å²) in [6.07, 6.45) is 9.79. The quantitative estimate of drug-likeness (QED) is 0.212. The highest BCUT2D eigenvalue weighted by Crippen LogP contribution is 2.17. The van der Waals surface area contributed by atoms with Crippen molar-refractivity contribution in [3.63, 3.8) is 0 Å². The lowest BCUT2D eigenvalue weighted by Crippen LogP contribution is -2.47. The Morgan fingerprint density at radius 2 is 2.00 bits per heavy atom. The molecule has 0 aromatic rings. The molecule has 0 amide bonds. The highest BCUT2D eigenvalue weighted by Gasteiger charge is 2.13. The van der Waals surface area contributed by atoms with E-state index in [1.807, 2.05) is 0 Å². The molecule has 0 saturated heterocycles. The molecule has 5 heteroatoms. The summed E-state index contributed by atoms with van der Waals surface area (Å²) < 4.78 is 5.01. The van der Waals surface area contributed by atoms with Crippen molar-refractivity contribution in [1.29, 1.82) is 0 Å². The van der Waals surface area contributed by atoms with Gasteiger partial charge in [-0.1, -0.05) is 19.3 Å². The minimum Gasteiger partial charge on any atom is -0.385 e. The molecule has 4 N–H and O–H groups in total. The molecule has 1 fully saturated rings. The Bertz CT molecular complexity index is 227. The summed E-state index contributed by atoms with van der Waals surface area (Å²) in [5.41, 5.74) is 2.67. The van der Waals surface area contributed by atoms with E-state index >= 15 is 0 Å². The summed E-state index contributed by atoms with van der Waals surface area (Å²) in [5.74, 6) is 6.23. The molecule has 0 aliphatic heterocycles. The third-order valence-corrected chi connectivity index (χ3v) is 3.36. The molecule has 0 bridgehead atoms. The number of nitrogens with zero attached hydrogens (tertiary/aromatic N) is 1. The number of methoxy groups -OCH3 is 1. The highest BCUT2D eigenvalue weighted by molar-refractivity contribution is 5.79. The molecule has 0 spiro atoms. The second kappa shape index (κ2) is 10.1. The van der Waals surface area contributed by atoms with Crippen LogP contribution in [0.2, 0.25) is 0 Å². The number of ether oxygens (including phenoxy) is 1. The fourth-order valence-electron chi connectivity index (χ4n) is 2.30. The number of hydrazine groups is 1. The Balaban J connectivity index is 2.14. The van der Waals surface area contributed by atoms with Crippen molar-refractivity contribution in [2.45, 2.75) is 57.4 Å². The summed E-state index contributed by atoms with van der Waals surface area (Å²) >= 11 is 0. The second-order valence-corrected chi connectivity index (χ2v) is 4.91. The van der Waals surface area contributed by atoms with Crippen LogP contribution < -0.4 is 16.6 Å². The largest absolute Gasteiger partial charge is 0.385 e. The lowest BCUT2D eigenvalue weighted by Gasteiger charge is -2.24. The maximum atomic E-state index is 5.49. The first-order valence-electron chi connectivity index (χ1n) is 7.13. The van der Waals surface area contributed by atoms with Crippen molar-refractivity contribution in [1.82, 2.24) is 10.7 Å². The van der Waals surface area contributed by atoms with E-state index in [1.165, 1.54) is 32.1 Å². The molecule has 0 aromatic heterocycles. The third kappa shape index (κ3) is 6.81. The van der Waals surface area contributed by atoms with Crippen molar-refractivity contribution < 1.29 is 4.74 Å². The molecular weight excluding hydrogens is 228 g/mol. The molecule has 1 rings (SSSR count). The summed E-state index contributed by atoms with van der Waals surface area (Å²) in [6, 6.07) is 0.544. The molecule has 0 aromatic carbocycles. The average Bonchev–Trinajstić information content (AvgIpc) is 2.42. The van der Waals surface area contributed by atoms with Gasteiger partial charge >= 0.3 is 0 Å². The maximum Gasteiger partial charge on any atom is 0.205 e. The summed E-state index contributed by atoms with van der Waals surface area (Å²) in [4.78, 5) is 4.46. The van der Waals surface area contributed by atoms with Gasteiger partial charge in [-0.2, -0.15) is 0 Å². The number of rotatable bonds is 7. The SMILES string of the molecule is COCCCCCN=C(NN)NC1CCCCC1. The smallest absolute Gasteiger partial charge is 0.205 e. The van der Waals surface area contributed by atoms with Crippen LogP contribution in [-0.4, -0.2) is 32.3 Å². The van der Waals surface area contributed by atoms with Gasteiger partial charge in [0.05, 0.1) is 0 Å². The first-order chi connectivity index (χ1) is 8.86. The number of guanidine groups is 1. The van der Waals surface area contributed by atoms with Crippen molar-refractivity contribution in [3.8, 4) is 0 Å². The minimum atomic E-state index is 0.544. The molecule has 0 radical (unpaired) electrons. The van der Waals surface area contributed by atoms with Gasteiger partial charge in [-0.05, 0) is 32.1 Å². The Labute approximate surface area is 111 Å². The van der Waals surface area contributed by atoms with E-state index in [1.54, 1.807) is 7.11 Å². The van der Waals surface area contributed by atoms with Crippen molar-refractivity contribution in [2.24, 2.45) is 10.8 Å². The van der Waals surface area contributed by atoms with E-state index in [4.69, 9.17) is 10.6 Å². The number of hydrogen-bond donors (Lipinski definition) is 3. The molecule has 1 aliphatic carbocycles. The zero-order chi connectivity index (χ0) is 13.1. The predicted molar refractivity (Wildman–Crippen MR) is 75.4 cm³/mol. The number of nitrogens with two attached hydrogens (primary N) is 1. The van der Waals surface area contributed by atoms with E-state index < -0.39 is 0 Å². The van der Waals surface area contributed by atoms with Gasteiger partial charge in [0.1, 0.15) is 0 Å². The first-order valence-corrected chi connectivity index (χ1v) is 7.13. The highest BCUT2D eigenvalue weighted by atomic mass is 16.5. The molecule has 1 aliphatic rings. The monoisotopic (exact) mass is 256 g/mol. The van der Waals surface area contributed by atoms with Crippen LogP contribution >= 0.6 is 0 Å². The lowest BCUT2D eigenvalue weighted by atomic mass is 9.96. The Hall–Kier alpha value is -0.810. The van der Waals surface area contributed by atoms with Crippen LogP contribution in [-0.2, 0) is 4.74 Å². The molecule has 1 saturated carbocycles. The average molecular weight is 256 g/mol. The zero-order valence-corrected chi connectivity index (χ0v) is 11.6. The number of unbranched alkanes of at least 4 members (excludes halogenated alkanes) is 2. The van der Waals surface area contributed by atoms with Gasteiger partial charge in [-0.3, -0.25) is 10.4 Å². The van der Waals surface area contributed by atoms with Crippen LogP contribution in [0.1, 0.15) is 51.4 Å². The summed E-state index contributed by atoms with van der Waals surface area (Å²) in [5, 5.41) is 3.40. The maximum absolute atomic E-state index is 5.49. The van der Waals surface area contributed by atoms with E-state index in [-0.39, 0.29) is 0 Å². The van der Waals surface area contributed by atoms with Crippen molar-refractivity contribution >= 4 is 5.96 Å². The normalized spacial score (nSPS) is 17.8. The van der Waals surface area contributed by atoms with Gasteiger partial charge in [0.15, 0.2) is 0 Å². The molecule has 0 unspecified atom stereocenters. The van der Waals surface area contributed by atoms with Gasteiger partial charge in [0.2, 0.25) is 5.96 Å². The third-order valence-electron chi connectivity index (χ3n) is 3.36. The first kappa shape index (κ1) is 15.2. The van der Waals surface area contributed by atoms with Crippen LogP contribution in [0, 0.1) is 0 Å². The van der Waals surface area contributed by atoms with Gasteiger partial charge in [-0.15, -0.1) is 0 Å². The van der Waals surface area contributed by atoms with E-state index in [0.29, 0.717) is 6.04 Å². The van der Waals surface area contributed by atoms with E-state index in [0.717, 1.165) is 38.4 Å². The Morgan fingerprint density at radius 1 is 1.22 bits per heavy atom. The molecule has 18 heavy (non-hydrogen) atoms. The van der Waals surface area contributed by atoms with Crippen LogP contribution in [0.15, 0.2) is 4.99 Å². The standard InChI is InChI=1S/C13H28N4O/c1-18-11-7-3-6-10-15-13(17-14)16-12-8-4-2-5-9-12/h12H,2-11,14H2,1H3,(H2,15,16,17). The molecule has 0 heterocycles. The second-order valence-electron chi connectivity index (χ2n) is 4.91. The Morgan fingerprint density at radius 3 is 2.67 bits per heavy atom. The molecule has 106 valence electrons. The van der Waals surface area contributed by atoms with Crippen LogP contribution in [0.5, 0.6) is 0 Å². The van der Waals surface area contributed by atoms with Crippen molar-refractivity contribution in [3.05, 3.63) is 0 Å². The fraction of sp³-hybridized carbons (Fsp3) is 0.923. The summed E-state index contributed by atoms with van der Waals surface area (Å²) in [7, 11) is 1.74. The van der Waals surface area contributed by atoms with E-state index in [9.17, 15) is 0 Å². The predicted octanol–water partition coefficient (Wildman–Crippen LogP) is 1.54. The van der Waals surface area contributed by atoms with E-state index in [2.05, 4.69) is 15.7 Å². The topological polar surface area (TPSA) is 71.7 Å². The molecule has 0 atom stereocenters. The Kier molecular flexibility index (Phi) is 8.59. The van der Waals surface area contributed by atoms with Crippen LogP contribution in [0.4, 0.5) is 0 Å². The molecule has 5 nitrogen and oxygen atoms in total. The number of hydrogen-bond acceptors (Lipinski definition) is 3. The number of nitrogens with one attached hydrogen (secondary N) is 2. The lowest BCUT2D eigenvalue weighted by molar-refractivity contribution is 0.192.